The Bertz CT molecular complexity index is 1480. The maximum atomic E-state index is 14.9. The van der Waals surface area contributed by atoms with Crippen LogP contribution in [0.5, 0.6) is 0 Å². The summed E-state index contributed by atoms with van der Waals surface area (Å²) in [7, 11) is -3.61. The topological polar surface area (TPSA) is 101 Å². The average Bonchev–Trinajstić information content (AvgIpc) is 3.49. The van der Waals surface area contributed by atoms with E-state index in [1.54, 1.807) is 0 Å². The third-order valence-corrected chi connectivity index (χ3v) is 8.74. The lowest BCUT2D eigenvalue weighted by molar-refractivity contribution is -0.140. The Morgan fingerprint density at radius 2 is 1.74 bits per heavy atom. The van der Waals surface area contributed by atoms with Crippen molar-refractivity contribution in [3.8, 4) is 0 Å². The van der Waals surface area contributed by atoms with Gasteiger partial charge in [-0.1, -0.05) is 6.07 Å². The number of alkyl halides is 3. The molecule has 3 fully saturated rings. The van der Waals surface area contributed by atoms with Gasteiger partial charge in [0, 0.05) is 36.3 Å². The van der Waals surface area contributed by atoms with E-state index < -0.39 is 68.6 Å². The van der Waals surface area contributed by atoms with Gasteiger partial charge in [0.2, 0.25) is 5.91 Å². The minimum Gasteiger partial charge on any atom is -0.347 e. The van der Waals surface area contributed by atoms with Crippen molar-refractivity contribution in [2.24, 2.45) is 11.8 Å². The molecule has 2 aliphatic carbocycles. The fourth-order valence-electron chi connectivity index (χ4n) is 5.47. The molecular formula is C26H23F5N2O5S. The van der Waals surface area contributed by atoms with Gasteiger partial charge in [-0.2, -0.15) is 13.2 Å². The van der Waals surface area contributed by atoms with Crippen LogP contribution in [0.15, 0.2) is 41.3 Å². The Hall–Kier alpha value is -3.35. The van der Waals surface area contributed by atoms with Gasteiger partial charge in [0.1, 0.15) is 23.5 Å². The lowest BCUT2D eigenvalue weighted by atomic mass is 9.75. The van der Waals surface area contributed by atoms with E-state index in [1.165, 1.54) is 29.2 Å². The number of nitrogens with one attached hydrogen (secondary N) is 1. The molecule has 13 heteroatoms. The van der Waals surface area contributed by atoms with Crippen LogP contribution in [0, 0.1) is 23.5 Å². The second kappa shape index (κ2) is 9.39. The molecule has 39 heavy (non-hydrogen) atoms. The van der Waals surface area contributed by atoms with Gasteiger partial charge in [-0.25, -0.2) is 17.2 Å². The molecule has 0 aromatic heterocycles. The number of halogens is 5. The molecule has 2 aromatic rings. The van der Waals surface area contributed by atoms with Gasteiger partial charge in [0.25, 0.3) is 5.91 Å². The predicted molar refractivity (Wildman–Crippen MR) is 126 cm³/mol. The highest BCUT2D eigenvalue weighted by molar-refractivity contribution is 7.90. The van der Waals surface area contributed by atoms with Gasteiger partial charge in [-0.15, -0.1) is 0 Å². The minimum atomic E-state index is -5.13. The van der Waals surface area contributed by atoms with Crippen LogP contribution in [0.25, 0.3) is 0 Å². The molecule has 208 valence electrons. The molecule has 3 aliphatic rings. The number of sulfone groups is 1. The van der Waals surface area contributed by atoms with Crippen LogP contribution in [-0.4, -0.2) is 49.3 Å². The summed E-state index contributed by atoms with van der Waals surface area (Å²) in [6.45, 7) is 0. The van der Waals surface area contributed by atoms with Crippen LogP contribution < -0.4 is 5.32 Å². The molecule has 5 rings (SSSR count). The van der Waals surface area contributed by atoms with Crippen LogP contribution in [0.3, 0.4) is 0 Å². The number of hydrogen-bond donors (Lipinski definition) is 1. The highest BCUT2D eigenvalue weighted by Crippen LogP contribution is 2.49. The van der Waals surface area contributed by atoms with Crippen LogP contribution in [-0.2, 0) is 25.6 Å². The lowest BCUT2D eigenvalue weighted by Gasteiger charge is -2.36. The first-order valence-electron chi connectivity index (χ1n) is 12.2. The van der Waals surface area contributed by atoms with Crippen LogP contribution in [0.1, 0.15) is 53.2 Å². The molecule has 4 atom stereocenters. The SMILES string of the molecule is CS(=O)(=O)c1cccc(C(=O)N2[C@@H](C(=O)N[C@@H](c3cc(F)c(C(F)(F)F)cc3F)C3CC(=O)C3)C[C@H]3C[C@H]32)c1. The zero-order chi connectivity index (χ0) is 28.4. The van der Waals surface area contributed by atoms with Crippen molar-refractivity contribution in [3.63, 3.8) is 0 Å². The predicted octanol–water partition coefficient (Wildman–Crippen LogP) is 3.83. The number of carbonyl (C=O) groups is 3. The number of hydrogen-bond acceptors (Lipinski definition) is 5. The molecule has 0 radical (unpaired) electrons. The number of ketones is 1. The summed E-state index contributed by atoms with van der Waals surface area (Å²) in [6.07, 6.45) is -3.38. The minimum absolute atomic E-state index is 0.0202. The van der Waals surface area contributed by atoms with E-state index in [1.807, 2.05) is 0 Å². The van der Waals surface area contributed by atoms with Crippen LogP contribution in [0.2, 0.25) is 0 Å². The number of nitrogens with zero attached hydrogens (tertiary/aromatic N) is 1. The van der Waals surface area contributed by atoms with Gasteiger partial charge in [-0.3, -0.25) is 14.4 Å². The van der Waals surface area contributed by atoms with Crippen molar-refractivity contribution in [2.45, 2.75) is 54.9 Å². The third kappa shape index (κ3) is 5.15. The molecule has 0 unspecified atom stereocenters. The van der Waals surface area contributed by atoms with Crippen LogP contribution in [0.4, 0.5) is 22.0 Å². The van der Waals surface area contributed by atoms with Crippen molar-refractivity contribution in [3.05, 3.63) is 64.7 Å². The van der Waals surface area contributed by atoms with E-state index in [-0.39, 0.29) is 53.5 Å². The first-order chi connectivity index (χ1) is 18.1. The molecule has 2 amide bonds. The Balaban J connectivity index is 1.43. The van der Waals surface area contributed by atoms with E-state index in [9.17, 15) is 44.8 Å². The highest BCUT2D eigenvalue weighted by Gasteiger charge is 2.56. The van der Waals surface area contributed by atoms with Gasteiger partial charge < -0.3 is 10.2 Å². The Kier molecular flexibility index (Phi) is 6.55. The summed E-state index contributed by atoms with van der Waals surface area (Å²) in [5.74, 6) is -5.24. The van der Waals surface area contributed by atoms with E-state index in [0.717, 1.165) is 6.26 Å². The summed E-state index contributed by atoms with van der Waals surface area (Å²) in [5.41, 5.74) is -2.25. The Labute approximate surface area is 220 Å². The molecular weight excluding hydrogens is 547 g/mol. The Morgan fingerprint density at radius 1 is 1.05 bits per heavy atom. The zero-order valence-corrected chi connectivity index (χ0v) is 21.3. The summed E-state index contributed by atoms with van der Waals surface area (Å²) in [5, 5.41) is 2.57. The van der Waals surface area contributed by atoms with Gasteiger partial charge in [0.15, 0.2) is 9.84 Å². The number of likely N-dealkylation sites (tertiary alicyclic amines) is 1. The maximum absolute atomic E-state index is 14.9. The molecule has 2 aromatic carbocycles. The summed E-state index contributed by atoms with van der Waals surface area (Å²) in [4.78, 5) is 39.7. The van der Waals surface area contributed by atoms with Gasteiger partial charge >= 0.3 is 6.18 Å². The Morgan fingerprint density at radius 3 is 2.36 bits per heavy atom. The number of piperidine rings is 1. The van der Waals surface area contributed by atoms with E-state index in [0.29, 0.717) is 12.5 Å². The van der Waals surface area contributed by atoms with E-state index >= 15 is 0 Å². The molecule has 1 N–H and O–H groups in total. The van der Waals surface area contributed by atoms with E-state index in [4.69, 9.17) is 0 Å². The maximum Gasteiger partial charge on any atom is 0.419 e. The lowest BCUT2D eigenvalue weighted by Crippen LogP contribution is -2.50. The fourth-order valence-corrected chi connectivity index (χ4v) is 6.14. The normalized spacial score (nSPS) is 23.7. The smallest absolute Gasteiger partial charge is 0.347 e. The average molecular weight is 571 g/mol. The molecule has 1 aliphatic heterocycles. The molecule has 1 heterocycles. The van der Waals surface area contributed by atoms with Crippen molar-refractivity contribution in [2.75, 3.05) is 6.26 Å². The fraction of sp³-hybridized carbons (Fsp3) is 0.423. The number of rotatable bonds is 6. The first kappa shape index (κ1) is 27.2. The van der Waals surface area contributed by atoms with Crippen molar-refractivity contribution in [1.82, 2.24) is 10.2 Å². The number of carbonyl (C=O) groups excluding carboxylic acids is 3. The first-order valence-corrected chi connectivity index (χ1v) is 14.0. The number of fused-ring (bicyclic) bond motifs is 1. The quantitative estimate of drug-likeness (QED) is 0.533. The summed E-state index contributed by atoms with van der Waals surface area (Å²) >= 11 is 0. The zero-order valence-electron chi connectivity index (χ0n) is 20.5. The largest absolute Gasteiger partial charge is 0.419 e. The molecule has 7 nitrogen and oxygen atoms in total. The second-order valence-corrected chi connectivity index (χ2v) is 12.4. The second-order valence-electron chi connectivity index (χ2n) is 10.4. The van der Waals surface area contributed by atoms with Crippen molar-refractivity contribution >= 4 is 27.4 Å². The molecule has 0 spiro atoms. The van der Waals surface area contributed by atoms with Crippen molar-refractivity contribution < 1.29 is 44.8 Å². The third-order valence-electron chi connectivity index (χ3n) is 7.63. The highest BCUT2D eigenvalue weighted by atomic mass is 32.2. The van der Waals surface area contributed by atoms with Gasteiger partial charge in [0.05, 0.1) is 16.5 Å². The van der Waals surface area contributed by atoms with Crippen molar-refractivity contribution in [1.29, 1.82) is 0 Å². The summed E-state index contributed by atoms with van der Waals surface area (Å²) < 4.78 is 92.3. The number of amides is 2. The van der Waals surface area contributed by atoms with Gasteiger partial charge in [-0.05, 0) is 55.0 Å². The van der Waals surface area contributed by atoms with Crippen LogP contribution >= 0.6 is 0 Å². The summed E-state index contributed by atoms with van der Waals surface area (Å²) in [6, 6.07) is 3.21. The molecule has 0 bridgehead atoms. The molecule has 1 saturated heterocycles. The monoisotopic (exact) mass is 570 g/mol. The number of benzene rings is 2. The van der Waals surface area contributed by atoms with E-state index in [2.05, 4.69) is 5.32 Å². The number of Topliss-reactive ketones (excluding diaryl/α,β-unsaturated/α-hetero) is 1. The molecule has 2 saturated carbocycles. The standard InChI is InChI=1S/C26H23F5N2O5S/c1-39(37,38)16-4-2-3-12(7-16)25(36)33-21-8-13(21)9-22(33)24(35)32-23(14-5-15(34)6-14)17-10-20(28)18(11-19(17)27)26(29,30)31/h2-4,7,10-11,13-14,21-23H,5-6,8-9H2,1H3,(H,32,35)/t13-,21-,22-,23-/m1/s1.